The molecule has 0 saturated heterocycles. The number of benzene rings is 1. The van der Waals surface area contributed by atoms with Gasteiger partial charge in [0, 0.05) is 6.54 Å². The van der Waals surface area contributed by atoms with Crippen LogP contribution in [0.5, 0.6) is 5.75 Å². The summed E-state index contributed by atoms with van der Waals surface area (Å²) in [6.45, 7) is 5.84. The van der Waals surface area contributed by atoms with E-state index in [2.05, 4.69) is 31.9 Å². The minimum atomic E-state index is -1.23. The molecule has 100 valence electrons. The molecule has 0 unspecified atom stereocenters. The molecule has 18 heavy (non-hydrogen) atoms. The monoisotopic (exact) mass is 378 g/mol. The van der Waals surface area contributed by atoms with Crippen LogP contribution in [-0.4, -0.2) is 19.7 Å². The van der Waals surface area contributed by atoms with Gasteiger partial charge in [0.2, 0.25) is 0 Å². The largest absolute Gasteiger partial charge is 0.530 e. The normalized spacial score (nSPS) is 10.3. The van der Waals surface area contributed by atoms with E-state index in [1.165, 1.54) is 4.90 Å². The third-order valence-corrected chi connectivity index (χ3v) is 4.55. The molecular formula is C12H14Br2NO3-. The summed E-state index contributed by atoms with van der Waals surface area (Å²) in [5.74, 6) is 0.577. The highest BCUT2D eigenvalue weighted by Crippen LogP contribution is 2.45. The van der Waals surface area contributed by atoms with Crippen LogP contribution in [0, 0.1) is 13.8 Å². The van der Waals surface area contributed by atoms with E-state index in [4.69, 9.17) is 4.74 Å². The number of carboxylic acid groups (broad SMARTS) is 1. The first-order valence-electron chi connectivity index (χ1n) is 5.37. The molecule has 1 rings (SSSR count). The Morgan fingerprint density at radius 1 is 1.28 bits per heavy atom. The lowest BCUT2D eigenvalue weighted by Gasteiger charge is -2.28. The van der Waals surface area contributed by atoms with Crippen LogP contribution in [0.3, 0.4) is 0 Å². The summed E-state index contributed by atoms with van der Waals surface area (Å²) in [7, 11) is 1.54. The lowest BCUT2D eigenvalue weighted by Crippen LogP contribution is -2.41. The molecule has 0 atom stereocenters. The van der Waals surface area contributed by atoms with Gasteiger partial charge in [-0.1, -0.05) is 0 Å². The molecule has 0 heterocycles. The number of anilines is 1. The van der Waals surface area contributed by atoms with Crippen LogP contribution in [0.15, 0.2) is 8.95 Å². The molecule has 6 heteroatoms. The second-order valence-electron chi connectivity index (χ2n) is 3.77. The second-order valence-corrected chi connectivity index (χ2v) is 5.36. The molecule has 1 aromatic rings. The maximum Gasteiger partial charge on any atom is 0.149 e. The number of methoxy groups -OCH3 is 1. The van der Waals surface area contributed by atoms with Gasteiger partial charge in [-0.15, -0.1) is 0 Å². The minimum Gasteiger partial charge on any atom is -0.530 e. The van der Waals surface area contributed by atoms with E-state index in [1.54, 1.807) is 14.0 Å². The summed E-state index contributed by atoms with van der Waals surface area (Å²) in [6, 6.07) is 0. The van der Waals surface area contributed by atoms with E-state index in [0.717, 1.165) is 15.6 Å². The van der Waals surface area contributed by atoms with Gasteiger partial charge in [0.1, 0.15) is 11.8 Å². The quantitative estimate of drug-likeness (QED) is 0.811. The van der Waals surface area contributed by atoms with Crippen LogP contribution in [-0.2, 0) is 0 Å². The SMILES string of the molecule is CCN(C(=O)[O-])c1c(C)c(C)c(Br)c(OC)c1Br. The number of carbonyl (C=O) groups excluding carboxylic acids is 1. The zero-order valence-electron chi connectivity index (χ0n) is 10.6. The first-order chi connectivity index (χ1) is 8.36. The highest BCUT2D eigenvalue weighted by atomic mass is 79.9. The molecule has 0 aliphatic heterocycles. The average molecular weight is 380 g/mol. The highest BCUT2D eigenvalue weighted by Gasteiger charge is 2.21. The summed E-state index contributed by atoms with van der Waals surface area (Å²) >= 11 is 6.85. The number of rotatable bonds is 3. The number of halogens is 2. The zero-order valence-corrected chi connectivity index (χ0v) is 13.8. The van der Waals surface area contributed by atoms with Gasteiger partial charge in [-0.2, -0.15) is 0 Å². The molecular weight excluding hydrogens is 366 g/mol. The molecule has 0 spiro atoms. The third-order valence-electron chi connectivity index (χ3n) is 2.86. The van der Waals surface area contributed by atoms with Crippen molar-refractivity contribution in [3.8, 4) is 5.75 Å². The van der Waals surface area contributed by atoms with Crippen molar-refractivity contribution in [2.24, 2.45) is 0 Å². The standard InChI is InChI=1S/C12H15Br2NO3/c1-5-15(12(16)17)10-7(3)6(2)8(13)11(18-4)9(10)14/h5H2,1-4H3,(H,16,17)/p-1. The van der Waals surface area contributed by atoms with Crippen molar-refractivity contribution in [3.63, 3.8) is 0 Å². The average Bonchev–Trinajstić information content (AvgIpc) is 2.32. The van der Waals surface area contributed by atoms with Crippen LogP contribution >= 0.6 is 31.9 Å². The maximum absolute atomic E-state index is 11.2. The lowest BCUT2D eigenvalue weighted by atomic mass is 10.1. The van der Waals surface area contributed by atoms with Crippen molar-refractivity contribution < 1.29 is 14.6 Å². The Hall–Kier alpha value is -0.750. The first kappa shape index (κ1) is 15.3. The van der Waals surface area contributed by atoms with Crippen molar-refractivity contribution in [3.05, 3.63) is 20.1 Å². The molecule has 0 N–H and O–H groups in total. The van der Waals surface area contributed by atoms with Gasteiger partial charge in [0.05, 0.1) is 21.7 Å². The van der Waals surface area contributed by atoms with Crippen LogP contribution in [0.2, 0.25) is 0 Å². The van der Waals surface area contributed by atoms with E-state index in [1.807, 2.05) is 13.8 Å². The summed E-state index contributed by atoms with van der Waals surface area (Å²) in [4.78, 5) is 12.4. The van der Waals surface area contributed by atoms with E-state index >= 15 is 0 Å². The van der Waals surface area contributed by atoms with Gasteiger partial charge in [-0.3, -0.25) is 0 Å². The summed E-state index contributed by atoms with van der Waals surface area (Å²) in [5.41, 5.74) is 2.36. The molecule has 0 aliphatic rings. The zero-order chi connectivity index (χ0) is 14.0. The molecule has 0 aromatic heterocycles. The molecule has 0 aliphatic carbocycles. The van der Waals surface area contributed by atoms with Crippen LogP contribution in [0.25, 0.3) is 0 Å². The number of ether oxygens (including phenoxy) is 1. The molecule has 0 fully saturated rings. The molecule has 0 saturated carbocycles. The van der Waals surface area contributed by atoms with Gasteiger partial charge in [-0.05, 0) is 63.8 Å². The summed E-state index contributed by atoms with van der Waals surface area (Å²) in [5, 5.41) is 11.2. The number of carbonyl (C=O) groups is 1. The summed E-state index contributed by atoms with van der Waals surface area (Å²) in [6.07, 6.45) is -1.23. The number of amides is 1. The van der Waals surface area contributed by atoms with Crippen molar-refractivity contribution in [1.29, 1.82) is 0 Å². The topological polar surface area (TPSA) is 52.6 Å². The fraction of sp³-hybridized carbons (Fsp3) is 0.417. The van der Waals surface area contributed by atoms with Gasteiger partial charge in [0.25, 0.3) is 0 Å². The molecule has 0 radical (unpaired) electrons. The van der Waals surface area contributed by atoms with Crippen LogP contribution < -0.4 is 14.7 Å². The van der Waals surface area contributed by atoms with Gasteiger partial charge in [-0.25, -0.2) is 0 Å². The lowest BCUT2D eigenvalue weighted by molar-refractivity contribution is -0.246. The van der Waals surface area contributed by atoms with Crippen molar-refractivity contribution in [2.75, 3.05) is 18.6 Å². The third kappa shape index (κ3) is 2.49. The second kappa shape index (κ2) is 5.93. The summed E-state index contributed by atoms with van der Waals surface area (Å²) < 4.78 is 6.71. The highest BCUT2D eigenvalue weighted by molar-refractivity contribution is 9.11. The smallest absolute Gasteiger partial charge is 0.149 e. The van der Waals surface area contributed by atoms with Gasteiger partial charge in [0.15, 0.2) is 0 Å². The van der Waals surface area contributed by atoms with Crippen molar-refractivity contribution in [2.45, 2.75) is 20.8 Å². The fourth-order valence-corrected chi connectivity index (χ4v) is 3.55. The van der Waals surface area contributed by atoms with Gasteiger partial charge < -0.3 is 19.5 Å². The predicted molar refractivity (Wildman–Crippen MR) is 76.3 cm³/mol. The Morgan fingerprint density at radius 2 is 1.83 bits per heavy atom. The van der Waals surface area contributed by atoms with E-state index in [0.29, 0.717) is 22.5 Å². The molecule has 1 aromatic carbocycles. The van der Waals surface area contributed by atoms with Crippen molar-refractivity contribution >= 4 is 43.6 Å². The molecule has 0 bridgehead atoms. The Balaban J connectivity index is 3.62. The predicted octanol–water partition coefficient (Wildman–Crippen LogP) is 3.01. The van der Waals surface area contributed by atoms with Crippen LogP contribution in [0.4, 0.5) is 10.5 Å². The molecule has 1 amide bonds. The van der Waals surface area contributed by atoms with E-state index in [-0.39, 0.29) is 0 Å². The number of nitrogens with zero attached hydrogens (tertiary/aromatic N) is 1. The van der Waals surface area contributed by atoms with E-state index in [9.17, 15) is 9.90 Å². The molecule has 4 nitrogen and oxygen atoms in total. The van der Waals surface area contributed by atoms with Crippen molar-refractivity contribution in [1.82, 2.24) is 0 Å². The maximum atomic E-state index is 11.2. The van der Waals surface area contributed by atoms with E-state index < -0.39 is 6.09 Å². The Morgan fingerprint density at radius 3 is 2.22 bits per heavy atom. The Bertz CT molecular complexity index is 489. The fourth-order valence-electron chi connectivity index (χ4n) is 1.76. The van der Waals surface area contributed by atoms with Crippen LogP contribution in [0.1, 0.15) is 18.1 Å². The Kier molecular flexibility index (Phi) is 5.04. The number of hydrogen-bond donors (Lipinski definition) is 0. The first-order valence-corrected chi connectivity index (χ1v) is 6.96. The van der Waals surface area contributed by atoms with Gasteiger partial charge >= 0.3 is 0 Å². The minimum absolute atomic E-state index is 0.312. The number of hydrogen-bond acceptors (Lipinski definition) is 3. The Labute approximate surface area is 123 Å².